The maximum absolute atomic E-state index is 10.1. The first kappa shape index (κ1) is 14.9. The minimum absolute atomic E-state index is 0.471. The number of methoxy groups -OCH3 is 1. The summed E-state index contributed by atoms with van der Waals surface area (Å²) in [6.07, 6.45) is -0.471. The number of quaternary nitrogens is 1. The van der Waals surface area contributed by atoms with Gasteiger partial charge in [0.1, 0.15) is 24.9 Å². The largest absolute Gasteiger partial charge is 0.496 e. The van der Waals surface area contributed by atoms with Crippen molar-refractivity contribution in [2.45, 2.75) is 12.6 Å². The predicted molar refractivity (Wildman–Crippen MR) is 79.9 cm³/mol. The average Bonchev–Trinajstić information content (AvgIpc) is 2.48. The second kappa shape index (κ2) is 7.29. The maximum atomic E-state index is 10.1. The molecule has 2 rings (SSSR count). The van der Waals surface area contributed by atoms with Crippen LogP contribution in [-0.4, -0.2) is 18.8 Å². The molecule has 0 radical (unpaired) electrons. The molecule has 0 aliphatic carbocycles. The highest BCUT2D eigenvalue weighted by atomic mass is 35.5. The van der Waals surface area contributed by atoms with E-state index in [1.54, 1.807) is 7.11 Å². The number of aliphatic hydroxyl groups excluding tert-OH is 1. The molecule has 3 nitrogen and oxygen atoms in total. The first-order chi connectivity index (χ1) is 9.70. The molecule has 0 aliphatic rings. The van der Waals surface area contributed by atoms with Gasteiger partial charge in [0.05, 0.1) is 7.11 Å². The van der Waals surface area contributed by atoms with Gasteiger partial charge in [0.15, 0.2) is 0 Å². The zero-order chi connectivity index (χ0) is 14.4. The third kappa shape index (κ3) is 3.97. The van der Waals surface area contributed by atoms with Gasteiger partial charge in [-0.3, -0.25) is 0 Å². The van der Waals surface area contributed by atoms with E-state index >= 15 is 0 Å². The molecule has 106 valence electrons. The van der Waals surface area contributed by atoms with E-state index in [9.17, 15) is 5.11 Å². The zero-order valence-corrected chi connectivity index (χ0v) is 12.2. The molecule has 0 bridgehead atoms. The van der Waals surface area contributed by atoms with Gasteiger partial charge in [0.2, 0.25) is 0 Å². The summed E-state index contributed by atoms with van der Waals surface area (Å²) in [6, 6.07) is 15.2. The minimum atomic E-state index is -0.471. The normalized spacial score (nSPS) is 12.2. The molecule has 0 unspecified atom stereocenters. The number of rotatable bonds is 6. The second-order valence-corrected chi connectivity index (χ2v) is 5.05. The van der Waals surface area contributed by atoms with Crippen LogP contribution in [0.5, 0.6) is 5.75 Å². The van der Waals surface area contributed by atoms with E-state index in [0.717, 1.165) is 16.9 Å². The van der Waals surface area contributed by atoms with Gasteiger partial charge in [-0.25, -0.2) is 0 Å². The highest BCUT2D eigenvalue weighted by Gasteiger charge is 2.10. The van der Waals surface area contributed by atoms with Crippen LogP contribution in [0, 0.1) is 0 Å². The van der Waals surface area contributed by atoms with Crippen molar-refractivity contribution >= 4 is 11.6 Å². The standard InChI is InChI=1S/C16H18ClNO2/c1-20-16-8-7-14(17)9-13(16)10-18-11-15(19)12-5-3-2-4-6-12/h2-9,15,18-19H,10-11H2,1H3/p+1/t15-/m1/s1. The van der Waals surface area contributed by atoms with Crippen LogP contribution in [0.4, 0.5) is 0 Å². The van der Waals surface area contributed by atoms with Crippen LogP contribution < -0.4 is 10.1 Å². The molecule has 0 aromatic heterocycles. The third-order valence-corrected chi connectivity index (χ3v) is 3.42. The molecule has 3 N–H and O–H groups in total. The molecule has 0 spiro atoms. The molecular formula is C16H19ClNO2+. The number of ether oxygens (including phenoxy) is 1. The van der Waals surface area contributed by atoms with Crippen LogP contribution in [0.1, 0.15) is 17.2 Å². The molecule has 0 aliphatic heterocycles. The van der Waals surface area contributed by atoms with Crippen molar-refractivity contribution in [3.8, 4) is 5.75 Å². The van der Waals surface area contributed by atoms with E-state index < -0.39 is 6.10 Å². The Labute approximate surface area is 124 Å². The molecule has 0 fully saturated rings. The molecule has 0 amide bonds. The van der Waals surface area contributed by atoms with Crippen LogP contribution >= 0.6 is 11.6 Å². The van der Waals surface area contributed by atoms with E-state index in [2.05, 4.69) is 0 Å². The Morgan fingerprint density at radius 2 is 1.95 bits per heavy atom. The van der Waals surface area contributed by atoms with Crippen LogP contribution in [0.15, 0.2) is 48.5 Å². The van der Waals surface area contributed by atoms with Gasteiger partial charge in [0.25, 0.3) is 0 Å². The number of hydrogen-bond donors (Lipinski definition) is 2. The molecule has 1 atom stereocenters. The summed E-state index contributed by atoms with van der Waals surface area (Å²) < 4.78 is 5.30. The smallest absolute Gasteiger partial charge is 0.128 e. The number of aliphatic hydroxyl groups is 1. The SMILES string of the molecule is COc1ccc(Cl)cc1C[NH2+]C[C@@H](O)c1ccccc1. The average molecular weight is 293 g/mol. The van der Waals surface area contributed by atoms with Gasteiger partial charge in [-0.15, -0.1) is 0 Å². The second-order valence-electron chi connectivity index (χ2n) is 4.61. The van der Waals surface area contributed by atoms with E-state index in [1.165, 1.54) is 0 Å². The Kier molecular flexibility index (Phi) is 5.41. The van der Waals surface area contributed by atoms with Crippen LogP contribution in [-0.2, 0) is 6.54 Å². The lowest BCUT2D eigenvalue weighted by Gasteiger charge is -2.11. The monoisotopic (exact) mass is 292 g/mol. The molecule has 2 aromatic carbocycles. The van der Waals surface area contributed by atoms with Crippen molar-refractivity contribution in [2.24, 2.45) is 0 Å². The highest BCUT2D eigenvalue weighted by Crippen LogP contribution is 2.21. The van der Waals surface area contributed by atoms with Gasteiger partial charge < -0.3 is 15.2 Å². The van der Waals surface area contributed by atoms with E-state index in [1.807, 2.05) is 53.8 Å². The lowest BCUT2D eigenvalue weighted by atomic mass is 10.1. The van der Waals surface area contributed by atoms with Gasteiger partial charge in [0, 0.05) is 10.6 Å². The quantitative estimate of drug-likeness (QED) is 0.857. The summed E-state index contributed by atoms with van der Waals surface area (Å²) in [7, 11) is 1.64. The summed E-state index contributed by atoms with van der Waals surface area (Å²) in [5.41, 5.74) is 1.96. The summed E-state index contributed by atoms with van der Waals surface area (Å²) in [4.78, 5) is 0. The zero-order valence-electron chi connectivity index (χ0n) is 11.4. The molecular weight excluding hydrogens is 274 g/mol. The van der Waals surface area contributed by atoms with Crippen molar-refractivity contribution in [1.29, 1.82) is 0 Å². The Morgan fingerprint density at radius 3 is 2.65 bits per heavy atom. The van der Waals surface area contributed by atoms with Crippen molar-refractivity contribution < 1.29 is 15.2 Å². The van der Waals surface area contributed by atoms with E-state index in [-0.39, 0.29) is 0 Å². The predicted octanol–water partition coefficient (Wildman–Crippen LogP) is 2.15. The van der Waals surface area contributed by atoms with Crippen molar-refractivity contribution in [1.82, 2.24) is 0 Å². The van der Waals surface area contributed by atoms with Crippen LogP contribution in [0.3, 0.4) is 0 Å². The first-order valence-electron chi connectivity index (χ1n) is 6.58. The van der Waals surface area contributed by atoms with E-state index in [4.69, 9.17) is 16.3 Å². The van der Waals surface area contributed by atoms with E-state index in [0.29, 0.717) is 18.1 Å². The summed E-state index contributed by atoms with van der Waals surface area (Å²) in [6.45, 7) is 1.31. The lowest BCUT2D eigenvalue weighted by Crippen LogP contribution is -2.83. The number of halogens is 1. The van der Waals surface area contributed by atoms with Crippen molar-refractivity contribution in [3.05, 3.63) is 64.7 Å². The number of hydrogen-bond acceptors (Lipinski definition) is 2. The molecule has 0 heterocycles. The molecule has 2 aromatic rings. The topological polar surface area (TPSA) is 46.1 Å². The van der Waals surface area contributed by atoms with Gasteiger partial charge in [-0.2, -0.15) is 0 Å². The number of nitrogens with two attached hydrogens (primary N) is 1. The minimum Gasteiger partial charge on any atom is -0.496 e. The fourth-order valence-corrected chi connectivity index (χ4v) is 2.31. The Morgan fingerprint density at radius 1 is 1.20 bits per heavy atom. The molecule has 4 heteroatoms. The fourth-order valence-electron chi connectivity index (χ4n) is 2.11. The molecule has 20 heavy (non-hydrogen) atoms. The molecule has 0 saturated carbocycles. The summed E-state index contributed by atoms with van der Waals surface area (Å²) in [5.74, 6) is 0.819. The van der Waals surface area contributed by atoms with Crippen LogP contribution in [0.2, 0.25) is 5.02 Å². The molecule has 0 saturated heterocycles. The fraction of sp³-hybridized carbons (Fsp3) is 0.250. The maximum Gasteiger partial charge on any atom is 0.128 e. The number of benzene rings is 2. The lowest BCUT2D eigenvalue weighted by molar-refractivity contribution is -0.677. The van der Waals surface area contributed by atoms with Gasteiger partial charge in [-0.1, -0.05) is 41.9 Å². The van der Waals surface area contributed by atoms with Crippen molar-refractivity contribution in [2.75, 3.05) is 13.7 Å². The highest BCUT2D eigenvalue weighted by molar-refractivity contribution is 6.30. The summed E-state index contributed by atoms with van der Waals surface area (Å²) in [5, 5.41) is 12.8. The third-order valence-electron chi connectivity index (χ3n) is 3.18. The van der Waals surface area contributed by atoms with Gasteiger partial charge in [-0.05, 0) is 23.8 Å². The Balaban J connectivity index is 1.91. The summed E-state index contributed by atoms with van der Waals surface area (Å²) >= 11 is 5.99. The van der Waals surface area contributed by atoms with Crippen molar-refractivity contribution in [3.63, 3.8) is 0 Å². The first-order valence-corrected chi connectivity index (χ1v) is 6.95. The van der Waals surface area contributed by atoms with Gasteiger partial charge >= 0.3 is 0 Å². The Bertz CT molecular complexity index is 545. The van der Waals surface area contributed by atoms with Crippen LogP contribution in [0.25, 0.3) is 0 Å². The Hall–Kier alpha value is -1.55.